The monoisotopic (exact) mass is 164 g/mol. The first-order valence-corrected chi connectivity index (χ1v) is 4.17. The molecule has 2 heterocycles. The molecule has 0 saturated heterocycles. The van der Waals surface area contributed by atoms with Crippen LogP contribution in [-0.4, -0.2) is 11.1 Å². The first kappa shape index (κ1) is 7.55. The topological polar surface area (TPSA) is 34.0 Å². The van der Waals surface area contributed by atoms with Crippen molar-refractivity contribution in [3.8, 4) is 0 Å². The van der Waals surface area contributed by atoms with Crippen LogP contribution >= 0.6 is 0 Å². The average Bonchev–Trinajstić information content (AvgIpc) is 2.12. The fraction of sp³-hybridized carbons (Fsp3) is 0.444. The Morgan fingerprint density at radius 3 is 3.25 bits per heavy atom. The van der Waals surface area contributed by atoms with Gasteiger partial charge in [-0.25, -0.2) is 0 Å². The maximum atomic E-state index is 11.5. The Morgan fingerprint density at radius 1 is 1.58 bits per heavy atom. The zero-order valence-corrected chi connectivity index (χ0v) is 7.13. The molecule has 1 aliphatic heterocycles. The van der Waals surface area contributed by atoms with Crippen LogP contribution in [0.1, 0.15) is 11.1 Å². The van der Waals surface area contributed by atoms with Crippen molar-refractivity contribution in [1.82, 2.24) is 9.88 Å². The Labute approximate surface area is 71.0 Å². The van der Waals surface area contributed by atoms with Crippen molar-refractivity contribution < 1.29 is 0 Å². The van der Waals surface area contributed by atoms with Crippen LogP contribution in [-0.2, 0) is 20.0 Å². The van der Waals surface area contributed by atoms with Gasteiger partial charge in [-0.1, -0.05) is 0 Å². The van der Waals surface area contributed by atoms with E-state index >= 15 is 0 Å². The number of fused-ring (bicyclic) bond motifs is 1. The predicted molar refractivity (Wildman–Crippen MR) is 47.1 cm³/mol. The van der Waals surface area contributed by atoms with E-state index < -0.39 is 0 Å². The van der Waals surface area contributed by atoms with Crippen LogP contribution in [0.25, 0.3) is 0 Å². The zero-order valence-electron chi connectivity index (χ0n) is 7.13. The molecular formula is C9H12N2O. The molecule has 2 rings (SSSR count). The molecule has 3 nitrogen and oxygen atoms in total. The molecule has 1 aromatic heterocycles. The molecule has 0 fully saturated rings. The van der Waals surface area contributed by atoms with Gasteiger partial charge in [0.2, 0.25) is 0 Å². The van der Waals surface area contributed by atoms with Gasteiger partial charge in [0.05, 0.1) is 0 Å². The minimum atomic E-state index is 0.161. The summed E-state index contributed by atoms with van der Waals surface area (Å²) in [7, 11) is 1.80. The van der Waals surface area contributed by atoms with Gasteiger partial charge in [0.1, 0.15) is 0 Å². The number of pyridine rings is 1. The molecule has 0 aromatic carbocycles. The standard InChI is InChI=1S/C9H12N2O/c1-11-5-3-7-6-10-4-2-8(7)9(11)12/h3,5,10H,2,4,6H2,1H3. The van der Waals surface area contributed by atoms with Crippen molar-refractivity contribution in [3.63, 3.8) is 0 Å². The van der Waals surface area contributed by atoms with E-state index in [1.54, 1.807) is 11.6 Å². The number of nitrogens with zero attached hydrogens (tertiary/aromatic N) is 1. The van der Waals surface area contributed by atoms with Crippen LogP contribution in [0.3, 0.4) is 0 Å². The van der Waals surface area contributed by atoms with E-state index in [0.29, 0.717) is 0 Å². The van der Waals surface area contributed by atoms with E-state index in [2.05, 4.69) is 5.32 Å². The normalized spacial score (nSPS) is 15.8. The molecule has 3 heteroatoms. The van der Waals surface area contributed by atoms with Gasteiger partial charge in [-0.2, -0.15) is 0 Å². The van der Waals surface area contributed by atoms with E-state index in [1.807, 2.05) is 12.3 Å². The third kappa shape index (κ3) is 1.06. The predicted octanol–water partition coefficient (Wildman–Crippen LogP) is 0.0310. The van der Waals surface area contributed by atoms with Gasteiger partial charge in [-0.05, 0) is 24.6 Å². The second-order valence-electron chi connectivity index (χ2n) is 3.16. The van der Waals surface area contributed by atoms with Crippen LogP contribution in [0, 0.1) is 0 Å². The SMILES string of the molecule is Cn1ccc2c(c1=O)CCNC2. The molecule has 0 unspecified atom stereocenters. The van der Waals surface area contributed by atoms with Gasteiger partial charge in [0, 0.05) is 25.4 Å². The van der Waals surface area contributed by atoms with Crippen LogP contribution in [0.15, 0.2) is 17.1 Å². The van der Waals surface area contributed by atoms with Crippen molar-refractivity contribution in [2.45, 2.75) is 13.0 Å². The van der Waals surface area contributed by atoms with Crippen molar-refractivity contribution in [2.24, 2.45) is 7.05 Å². The van der Waals surface area contributed by atoms with Gasteiger partial charge < -0.3 is 9.88 Å². The molecule has 1 aliphatic rings. The smallest absolute Gasteiger partial charge is 0.253 e. The third-order valence-electron chi connectivity index (χ3n) is 2.33. The van der Waals surface area contributed by atoms with Gasteiger partial charge in [-0.15, -0.1) is 0 Å². The molecule has 12 heavy (non-hydrogen) atoms. The maximum Gasteiger partial charge on any atom is 0.253 e. The quantitative estimate of drug-likeness (QED) is 0.587. The summed E-state index contributed by atoms with van der Waals surface area (Å²) in [6, 6.07) is 2.02. The number of rotatable bonds is 0. The Balaban J connectivity index is 2.62. The largest absolute Gasteiger partial charge is 0.318 e. The van der Waals surface area contributed by atoms with Crippen LogP contribution in [0.4, 0.5) is 0 Å². The summed E-state index contributed by atoms with van der Waals surface area (Å²) in [4.78, 5) is 11.5. The molecule has 0 aliphatic carbocycles. The fourth-order valence-corrected chi connectivity index (χ4v) is 1.59. The van der Waals surface area contributed by atoms with Crippen LogP contribution in [0.2, 0.25) is 0 Å². The van der Waals surface area contributed by atoms with Crippen LogP contribution in [0.5, 0.6) is 0 Å². The summed E-state index contributed by atoms with van der Waals surface area (Å²) < 4.78 is 1.64. The number of aromatic nitrogens is 1. The highest BCUT2D eigenvalue weighted by Gasteiger charge is 2.11. The van der Waals surface area contributed by atoms with E-state index in [-0.39, 0.29) is 5.56 Å². The van der Waals surface area contributed by atoms with E-state index in [4.69, 9.17) is 0 Å². The molecule has 0 spiro atoms. The first-order valence-electron chi connectivity index (χ1n) is 4.17. The van der Waals surface area contributed by atoms with Crippen LogP contribution < -0.4 is 10.9 Å². The molecule has 64 valence electrons. The summed E-state index contributed by atoms with van der Waals surface area (Å²) in [6.45, 7) is 1.76. The van der Waals surface area contributed by atoms with Crippen molar-refractivity contribution >= 4 is 0 Å². The summed E-state index contributed by atoms with van der Waals surface area (Å²) >= 11 is 0. The summed E-state index contributed by atoms with van der Waals surface area (Å²) in [6.07, 6.45) is 2.69. The minimum Gasteiger partial charge on any atom is -0.318 e. The number of nitrogens with one attached hydrogen (secondary N) is 1. The molecule has 0 bridgehead atoms. The molecule has 0 amide bonds. The Morgan fingerprint density at radius 2 is 2.42 bits per heavy atom. The zero-order chi connectivity index (χ0) is 8.55. The number of hydrogen-bond donors (Lipinski definition) is 1. The first-order chi connectivity index (χ1) is 5.79. The summed E-state index contributed by atoms with van der Waals surface area (Å²) in [5.41, 5.74) is 2.30. The molecule has 0 saturated carbocycles. The highest BCUT2D eigenvalue weighted by Crippen LogP contribution is 2.07. The van der Waals surface area contributed by atoms with Crippen molar-refractivity contribution in [2.75, 3.05) is 6.54 Å². The fourth-order valence-electron chi connectivity index (χ4n) is 1.59. The lowest BCUT2D eigenvalue weighted by molar-refractivity contribution is 0.628. The summed E-state index contributed by atoms with van der Waals surface area (Å²) in [5.74, 6) is 0. The molecule has 1 aromatic rings. The Hall–Kier alpha value is -1.09. The van der Waals surface area contributed by atoms with Gasteiger partial charge in [0.25, 0.3) is 5.56 Å². The minimum absolute atomic E-state index is 0.161. The van der Waals surface area contributed by atoms with Crippen molar-refractivity contribution in [1.29, 1.82) is 0 Å². The van der Waals surface area contributed by atoms with E-state index in [9.17, 15) is 4.79 Å². The Bertz CT molecular complexity index is 354. The second-order valence-corrected chi connectivity index (χ2v) is 3.16. The van der Waals surface area contributed by atoms with Gasteiger partial charge >= 0.3 is 0 Å². The highest BCUT2D eigenvalue weighted by atomic mass is 16.1. The average molecular weight is 164 g/mol. The van der Waals surface area contributed by atoms with Gasteiger partial charge in [0.15, 0.2) is 0 Å². The molecular weight excluding hydrogens is 152 g/mol. The van der Waals surface area contributed by atoms with Gasteiger partial charge in [-0.3, -0.25) is 4.79 Å². The lowest BCUT2D eigenvalue weighted by Crippen LogP contribution is -2.31. The summed E-state index contributed by atoms with van der Waals surface area (Å²) in [5, 5.41) is 3.24. The maximum absolute atomic E-state index is 11.5. The molecule has 1 N–H and O–H groups in total. The lowest BCUT2D eigenvalue weighted by atomic mass is 10.0. The lowest BCUT2D eigenvalue weighted by Gasteiger charge is -2.16. The third-order valence-corrected chi connectivity index (χ3v) is 2.33. The number of aryl methyl sites for hydroxylation is 1. The highest BCUT2D eigenvalue weighted by molar-refractivity contribution is 5.26. The second kappa shape index (κ2) is 2.75. The number of hydrogen-bond acceptors (Lipinski definition) is 2. The molecule has 0 radical (unpaired) electrons. The van der Waals surface area contributed by atoms with E-state index in [1.165, 1.54) is 0 Å². The Kier molecular flexibility index (Phi) is 1.73. The molecule has 0 atom stereocenters. The van der Waals surface area contributed by atoms with Crippen molar-refractivity contribution in [3.05, 3.63) is 33.7 Å². The van der Waals surface area contributed by atoms with E-state index in [0.717, 1.165) is 30.6 Å².